The third kappa shape index (κ3) is 2.73. The van der Waals surface area contributed by atoms with E-state index in [4.69, 9.17) is 9.84 Å². The highest BCUT2D eigenvalue weighted by molar-refractivity contribution is 5.96. The molecule has 0 aliphatic carbocycles. The molecule has 9 heteroatoms. The van der Waals surface area contributed by atoms with E-state index in [-0.39, 0.29) is 11.9 Å². The van der Waals surface area contributed by atoms with Crippen molar-refractivity contribution in [3.63, 3.8) is 0 Å². The van der Waals surface area contributed by atoms with Crippen LogP contribution in [0.25, 0.3) is 27.9 Å². The summed E-state index contributed by atoms with van der Waals surface area (Å²) in [6, 6.07) is 6.17. The molecule has 0 saturated carbocycles. The zero-order valence-corrected chi connectivity index (χ0v) is 16.2. The number of hydrogen-bond acceptors (Lipinski definition) is 6. The van der Waals surface area contributed by atoms with Gasteiger partial charge in [0, 0.05) is 44.0 Å². The van der Waals surface area contributed by atoms with Gasteiger partial charge < -0.3 is 19.9 Å². The monoisotopic (exact) mass is 391 g/mol. The maximum atomic E-state index is 12.3. The second-order valence-electron chi connectivity index (χ2n) is 6.99. The van der Waals surface area contributed by atoms with Gasteiger partial charge in [-0.15, -0.1) is 0 Å². The van der Waals surface area contributed by atoms with Crippen LogP contribution < -0.4 is 10.6 Å². The molecule has 4 aromatic rings. The molecule has 0 bridgehead atoms. The van der Waals surface area contributed by atoms with Crippen LogP contribution in [0.4, 0.5) is 5.69 Å². The van der Waals surface area contributed by atoms with Crippen molar-refractivity contribution in [2.24, 2.45) is 0 Å². The van der Waals surface area contributed by atoms with Crippen molar-refractivity contribution < 1.29 is 9.53 Å². The summed E-state index contributed by atoms with van der Waals surface area (Å²) >= 11 is 0. The van der Waals surface area contributed by atoms with E-state index < -0.39 is 0 Å². The van der Waals surface area contributed by atoms with Crippen LogP contribution in [0.3, 0.4) is 0 Å². The lowest BCUT2D eigenvalue weighted by molar-refractivity contribution is 0.0956. The number of ether oxygens (including phenoxy) is 1. The van der Waals surface area contributed by atoms with Gasteiger partial charge in [-0.25, -0.2) is 14.5 Å². The predicted molar refractivity (Wildman–Crippen MR) is 109 cm³/mol. The first-order chi connectivity index (χ1) is 14.2. The second-order valence-corrected chi connectivity index (χ2v) is 6.99. The lowest BCUT2D eigenvalue weighted by Gasteiger charge is -2.10. The van der Waals surface area contributed by atoms with Gasteiger partial charge in [-0.2, -0.15) is 5.10 Å². The molecule has 5 rings (SSSR count). The molecule has 29 heavy (non-hydrogen) atoms. The predicted octanol–water partition coefficient (Wildman–Crippen LogP) is 2.11. The fraction of sp³-hybridized carbons (Fsp3) is 0.300. The lowest BCUT2D eigenvalue weighted by atomic mass is 10.1. The Balaban J connectivity index is 1.75. The third-order valence-corrected chi connectivity index (χ3v) is 5.36. The number of fused-ring (bicyclic) bond motifs is 2. The molecular formula is C20H21N7O2. The Hall–Kier alpha value is -3.46. The van der Waals surface area contributed by atoms with E-state index in [0.29, 0.717) is 17.9 Å². The number of anilines is 1. The summed E-state index contributed by atoms with van der Waals surface area (Å²) in [5.74, 6) is -0.239. The van der Waals surface area contributed by atoms with Crippen LogP contribution in [-0.4, -0.2) is 57.4 Å². The minimum Gasteiger partial charge on any atom is -0.385 e. The van der Waals surface area contributed by atoms with Gasteiger partial charge in [-0.05, 0) is 24.6 Å². The molecule has 0 radical (unpaired) electrons. The number of hydrogen-bond donors (Lipinski definition) is 2. The molecule has 4 aromatic heterocycles. The Labute approximate surface area is 166 Å². The Morgan fingerprint density at radius 1 is 1.28 bits per heavy atom. The molecular weight excluding hydrogens is 370 g/mol. The molecule has 0 spiro atoms. The maximum Gasteiger partial charge on any atom is 0.271 e. The minimum atomic E-state index is -0.239. The van der Waals surface area contributed by atoms with Crippen molar-refractivity contribution in [1.82, 2.24) is 29.5 Å². The van der Waals surface area contributed by atoms with E-state index in [0.717, 1.165) is 41.0 Å². The van der Waals surface area contributed by atoms with Crippen LogP contribution in [0.15, 0.2) is 36.8 Å². The fourth-order valence-electron chi connectivity index (χ4n) is 3.87. The first kappa shape index (κ1) is 17.6. The molecule has 1 unspecified atom stereocenters. The largest absolute Gasteiger partial charge is 0.385 e. The van der Waals surface area contributed by atoms with E-state index >= 15 is 0 Å². The number of carbonyl (C=O) groups excluding carboxylic acids is 1. The standard InChI is InChI=1S/C20H21N7O2/c1-21-16-8-15(25-27-17(20(28)22-2)9-24-19(16)27)14-10-26(12-5-7-29-11-12)18-13(14)4-3-6-23-18/h3-4,6,8-10,12,21H,5,7,11H2,1-2H3,(H,22,28). The highest BCUT2D eigenvalue weighted by atomic mass is 16.5. The molecule has 5 heterocycles. The summed E-state index contributed by atoms with van der Waals surface area (Å²) in [5.41, 5.74) is 4.37. The summed E-state index contributed by atoms with van der Waals surface area (Å²) < 4.78 is 9.34. The van der Waals surface area contributed by atoms with Crippen LogP contribution in [0.1, 0.15) is 23.0 Å². The van der Waals surface area contributed by atoms with Gasteiger partial charge in [0.05, 0.1) is 30.2 Å². The average Bonchev–Trinajstić information content (AvgIpc) is 3.50. The zero-order valence-electron chi connectivity index (χ0n) is 16.2. The van der Waals surface area contributed by atoms with Crippen LogP contribution in [-0.2, 0) is 4.74 Å². The van der Waals surface area contributed by atoms with E-state index in [1.807, 2.05) is 25.2 Å². The second kappa shape index (κ2) is 6.85. The topological polar surface area (TPSA) is 98.4 Å². The summed E-state index contributed by atoms with van der Waals surface area (Å²) in [7, 11) is 3.42. The quantitative estimate of drug-likeness (QED) is 0.553. The Morgan fingerprint density at radius 2 is 2.17 bits per heavy atom. The van der Waals surface area contributed by atoms with E-state index in [1.165, 1.54) is 6.20 Å². The van der Waals surface area contributed by atoms with Crippen molar-refractivity contribution in [3.05, 3.63) is 42.5 Å². The number of amides is 1. The average molecular weight is 391 g/mol. The van der Waals surface area contributed by atoms with Crippen LogP contribution in [0, 0.1) is 0 Å². The highest BCUT2D eigenvalue weighted by Crippen LogP contribution is 2.34. The van der Waals surface area contributed by atoms with Crippen LogP contribution >= 0.6 is 0 Å². The number of imidazole rings is 1. The molecule has 148 valence electrons. The van der Waals surface area contributed by atoms with Crippen LogP contribution in [0.2, 0.25) is 0 Å². The van der Waals surface area contributed by atoms with Gasteiger partial charge in [-0.3, -0.25) is 4.79 Å². The molecule has 0 aromatic carbocycles. The summed E-state index contributed by atoms with van der Waals surface area (Å²) in [6.45, 7) is 1.43. The Bertz CT molecular complexity index is 1220. The first-order valence-corrected chi connectivity index (χ1v) is 9.53. The number of nitrogens with zero attached hydrogens (tertiary/aromatic N) is 5. The van der Waals surface area contributed by atoms with E-state index in [9.17, 15) is 4.79 Å². The third-order valence-electron chi connectivity index (χ3n) is 5.36. The first-order valence-electron chi connectivity index (χ1n) is 9.53. The number of nitrogens with one attached hydrogen (secondary N) is 2. The molecule has 9 nitrogen and oxygen atoms in total. The normalized spacial score (nSPS) is 16.6. The molecule has 2 N–H and O–H groups in total. The van der Waals surface area contributed by atoms with Gasteiger partial charge in [-0.1, -0.05) is 0 Å². The SMILES string of the molecule is CNC(=O)c1cnc2c(NC)cc(-c3cn(C4CCOC4)c4ncccc34)nn12. The summed E-state index contributed by atoms with van der Waals surface area (Å²) in [4.78, 5) is 21.2. The van der Waals surface area contributed by atoms with E-state index in [1.54, 1.807) is 17.8 Å². The molecule has 1 atom stereocenters. The number of carbonyl (C=O) groups is 1. The summed E-state index contributed by atoms with van der Waals surface area (Å²) in [5, 5.41) is 11.6. The Morgan fingerprint density at radius 3 is 2.93 bits per heavy atom. The zero-order chi connectivity index (χ0) is 20.0. The minimum absolute atomic E-state index is 0.239. The van der Waals surface area contributed by atoms with Crippen molar-refractivity contribution in [3.8, 4) is 11.3 Å². The Kier molecular flexibility index (Phi) is 4.17. The van der Waals surface area contributed by atoms with Gasteiger partial charge in [0.25, 0.3) is 5.91 Å². The van der Waals surface area contributed by atoms with Gasteiger partial charge >= 0.3 is 0 Å². The van der Waals surface area contributed by atoms with Crippen molar-refractivity contribution >= 4 is 28.3 Å². The maximum absolute atomic E-state index is 12.3. The van der Waals surface area contributed by atoms with E-state index in [2.05, 4.69) is 31.4 Å². The number of pyridine rings is 1. The number of aromatic nitrogens is 5. The smallest absolute Gasteiger partial charge is 0.271 e. The summed E-state index contributed by atoms with van der Waals surface area (Å²) in [6.07, 6.45) is 6.37. The molecule has 1 aliphatic rings. The fourth-order valence-corrected chi connectivity index (χ4v) is 3.87. The van der Waals surface area contributed by atoms with Gasteiger partial charge in [0.1, 0.15) is 5.65 Å². The molecule has 1 amide bonds. The van der Waals surface area contributed by atoms with Crippen LogP contribution in [0.5, 0.6) is 0 Å². The van der Waals surface area contributed by atoms with Gasteiger partial charge in [0.2, 0.25) is 0 Å². The highest BCUT2D eigenvalue weighted by Gasteiger charge is 2.23. The molecule has 1 fully saturated rings. The van der Waals surface area contributed by atoms with Crippen molar-refractivity contribution in [1.29, 1.82) is 0 Å². The van der Waals surface area contributed by atoms with Crippen molar-refractivity contribution in [2.45, 2.75) is 12.5 Å². The number of rotatable bonds is 4. The van der Waals surface area contributed by atoms with Crippen molar-refractivity contribution in [2.75, 3.05) is 32.6 Å². The van der Waals surface area contributed by atoms with Gasteiger partial charge in [0.15, 0.2) is 11.3 Å². The molecule has 1 saturated heterocycles. The lowest BCUT2D eigenvalue weighted by Crippen LogP contribution is -2.20. The molecule has 1 aliphatic heterocycles.